The van der Waals surface area contributed by atoms with Crippen LogP contribution in [0.15, 0.2) is 84.0 Å². The molecule has 3 rings (SSSR count). The third kappa shape index (κ3) is 5.60. The summed E-state index contributed by atoms with van der Waals surface area (Å²) in [7, 11) is 0. The van der Waals surface area contributed by atoms with Gasteiger partial charge in [-0.05, 0) is 42.3 Å². The molecule has 3 nitrogen and oxygen atoms in total. The third-order valence-corrected chi connectivity index (χ3v) is 4.49. The number of para-hydroxylation sites is 1. The second kappa shape index (κ2) is 9.28. The van der Waals surface area contributed by atoms with E-state index in [9.17, 15) is 13.2 Å². The van der Waals surface area contributed by atoms with Crippen LogP contribution in [0.1, 0.15) is 23.6 Å². The number of nitrogens with one attached hydrogen (secondary N) is 1. The first kappa shape index (κ1) is 20.5. The normalized spacial score (nSPS) is 11.6. The zero-order valence-electron chi connectivity index (χ0n) is 16.0. The van der Waals surface area contributed by atoms with E-state index in [2.05, 4.69) is 34.5 Å². The summed E-state index contributed by atoms with van der Waals surface area (Å²) < 4.78 is 39.0. The zero-order valence-corrected chi connectivity index (χ0v) is 16.0. The van der Waals surface area contributed by atoms with Crippen molar-refractivity contribution in [3.8, 4) is 0 Å². The maximum Gasteiger partial charge on any atom is 0.418 e. The van der Waals surface area contributed by atoms with Crippen LogP contribution < -0.4 is 10.3 Å². The molecule has 6 heteroatoms. The molecule has 1 N–H and O–H groups in total. The van der Waals surface area contributed by atoms with Gasteiger partial charge >= 0.3 is 6.18 Å². The second-order valence-corrected chi connectivity index (χ2v) is 6.50. The summed E-state index contributed by atoms with van der Waals surface area (Å²) in [5.41, 5.74) is 4.76. The van der Waals surface area contributed by atoms with Crippen LogP contribution in [0, 0.1) is 0 Å². The lowest BCUT2D eigenvalue weighted by molar-refractivity contribution is -0.136. The molecule has 3 aromatic rings. The minimum Gasteiger partial charge on any atom is -0.367 e. The van der Waals surface area contributed by atoms with Gasteiger partial charge in [-0.15, -0.1) is 0 Å². The highest BCUT2D eigenvalue weighted by Crippen LogP contribution is 2.34. The summed E-state index contributed by atoms with van der Waals surface area (Å²) in [6.45, 7) is 3.76. The van der Waals surface area contributed by atoms with Gasteiger partial charge in [0.25, 0.3) is 0 Å². The van der Waals surface area contributed by atoms with Crippen LogP contribution in [0.2, 0.25) is 0 Å². The molecule has 0 amide bonds. The predicted molar refractivity (Wildman–Crippen MR) is 112 cm³/mol. The minimum atomic E-state index is -4.43. The van der Waals surface area contributed by atoms with Gasteiger partial charge in [0.15, 0.2) is 0 Å². The number of hydrogen-bond donors (Lipinski definition) is 1. The van der Waals surface area contributed by atoms with Crippen LogP contribution in [0.3, 0.4) is 0 Å². The molecule has 0 aliphatic carbocycles. The second-order valence-electron chi connectivity index (χ2n) is 6.50. The fraction of sp³-hybridized carbons (Fsp3) is 0.174. The van der Waals surface area contributed by atoms with Crippen molar-refractivity contribution in [2.45, 2.75) is 19.6 Å². The van der Waals surface area contributed by atoms with Crippen LogP contribution in [0.5, 0.6) is 0 Å². The summed E-state index contributed by atoms with van der Waals surface area (Å²) in [6, 6.07) is 23.2. The van der Waals surface area contributed by atoms with E-state index >= 15 is 0 Å². The maximum absolute atomic E-state index is 13.0. The molecule has 0 unspecified atom stereocenters. The highest BCUT2D eigenvalue weighted by atomic mass is 19.4. The fourth-order valence-corrected chi connectivity index (χ4v) is 2.96. The standard InChI is InChI=1S/C23H22F3N3/c1-2-29(17-19-8-4-3-5-9-19)20-14-12-18(13-15-20)16-27-28-22-11-7-6-10-21(22)23(24,25)26/h3-16,28H,2,17H2,1H3. The summed E-state index contributed by atoms with van der Waals surface area (Å²) >= 11 is 0. The highest BCUT2D eigenvalue weighted by Gasteiger charge is 2.33. The van der Waals surface area contributed by atoms with Crippen LogP contribution in [0.4, 0.5) is 24.5 Å². The lowest BCUT2D eigenvalue weighted by atomic mass is 10.1. The molecule has 0 aliphatic rings. The molecule has 0 atom stereocenters. The van der Waals surface area contributed by atoms with Gasteiger partial charge < -0.3 is 4.90 Å². The van der Waals surface area contributed by atoms with Crippen LogP contribution in [-0.4, -0.2) is 12.8 Å². The summed E-state index contributed by atoms with van der Waals surface area (Å²) in [4.78, 5) is 2.24. The van der Waals surface area contributed by atoms with Gasteiger partial charge in [0, 0.05) is 18.8 Å². The van der Waals surface area contributed by atoms with Crippen molar-refractivity contribution in [2.75, 3.05) is 16.9 Å². The number of halogens is 3. The van der Waals surface area contributed by atoms with E-state index in [4.69, 9.17) is 0 Å². The fourth-order valence-electron chi connectivity index (χ4n) is 2.96. The molecule has 3 aromatic carbocycles. The molecule has 0 spiro atoms. The van der Waals surface area contributed by atoms with Crippen molar-refractivity contribution >= 4 is 17.6 Å². The van der Waals surface area contributed by atoms with E-state index in [1.807, 2.05) is 42.5 Å². The lowest BCUT2D eigenvalue weighted by Crippen LogP contribution is -2.21. The van der Waals surface area contributed by atoms with E-state index in [1.165, 1.54) is 30.0 Å². The Morgan fingerprint density at radius 3 is 2.21 bits per heavy atom. The van der Waals surface area contributed by atoms with Gasteiger partial charge in [0.05, 0.1) is 17.5 Å². The number of alkyl halides is 3. The van der Waals surface area contributed by atoms with Crippen LogP contribution >= 0.6 is 0 Å². The Hall–Kier alpha value is -3.28. The summed E-state index contributed by atoms with van der Waals surface area (Å²) in [6.07, 6.45) is -2.92. The Morgan fingerprint density at radius 1 is 0.897 bits per heavy atom. The monoisotopic (exact) mass is 397 g/mol. The number of nitrogens with zero attached hydrogens (tertiary/aromatic N) is 2. The van der Waals surface area contributed by atoms with Gasteiger partial charge in [0.1, 0.15) is 0 Å². The molecule has 0 aliphatic heterocycles. The average Bonchev–Trinajstić information content (AvgIpc) is 2.73. The lowest BCUT2D eigenvalue weighted by Gasteiger charge is -2.23. The first-order valence-corrected chi connectivity index (χ1v) is 9.31. The largest absolute Gasteiger partial charge is 0.418 e. The highest BCUT2D eigenvalue weighted by molar-refractivity contribution is 5.81. The van der Waals surface area contributed by atoms with Crippen LogP contribution in [0.25, 0.3) is 0 Å². The van der Waals surface area contributed by atoms with Gasteiger partial charge in [-0.1, -0.05) is 54.6 Å². The Labute approximate surface area is 168 Å². The number of hydrogen-bond acceptors (Lipinski definition) is 3. The van der Waals surface area contributed by atoms with Gasteiger partial charge in [-0.3, -0.25) is 5.43 Å². The van der Waals surface area contributed by atoms with Gasteiger partial charge in [0.2, 0.25) is 0 Å². The molecule has 29 heavy (non-hydrogen) atoms. The minimum absolute atomic E-state index is 0.0760. The Kier molecular flexibility index (Phi) is 6.54. The zero-order chi connectivity index (χ0) is 20.7. The number of hydrazone groups is 1. The number of anilines is 2. The van der Waals surface area contributed by atoms with Gasteiger partial charge in [-0.2, -0.15) is 18.3 Å². The van der Waals surface area contributed by atoms with Crippen molar-refractivity contribution in [1.82, 2.24) is 0 Å². The molecule has 150 valence electrons. The molecule has 0 radical (unpaired) electrons. The average molecular weight is 397 g/mol. The topological polar surface area (TPSA) is 27.6 Å². The van der Waals surface area contributed by atoms with Crippen molar-refractivity contribution < 1.29 is 13.2 Å². The van der Waals surface area contributed by atoms with Crippen molar-refractivity contribution in [2.24, 2.45) is 5.10 Å². The van der Waals surface area contributed by atoms with E-state index in [0.29, 0.717) is 0 Å². The molecule has 0 bridgehead atoms. The summed E-state index contributed by atoms with van der Waals surface area (Å²) in [5.74, 6) is 0. The molecule has 0 aromatic heterocycles. The first-order valence-electron chi connectivity index (χ1n) is 9.31. The van der Waals surface area contributed by atoms with E-state index in [0.717, 1.165) is 30.4 Å². The third-order valence-electron chi connectivity index (χ3n) is 4.49. The van der Waals surface area contributed by atoms with Crippen molar-refractivity contribution in [1.29, 1.82) is 0 Å². The number of benzene rings is 3. The molecule has 0 saturated heterocycles. The maximum atomic E-state index is 13.0. The molecule has 0 fully saturated rings. The SMILES string of the molecule is CCN(Cc1ccccc1)c1ccc(C=NNc2ccccc2C(F)(F)F)cc1. The van der Waals surface area contributed by atoms with Crippen molar-refractivity contribution in [3.05, 3.63) is 95.6 Å². The molecular formula is C23H22F3N3. The molecular weight excluding hydrogens is 375 g/mol. The van der Waals surface area contributed by atoms with Crippen LogP contribution in [-0.2, 0) is 12.7 Å². The first-order chi connectivity index (χ1) is 14.0. The van der Waals surface area contributed by atoms with Gasteiger partial charge in [-0.25, -0.2) is 0 Å². The van der Waals surface area contributed by atoms with E-state index in [1.54, 1.807) is 0 Å². The van der Waals surface area contributed by atoms with Crippen molar-refractivity contribution in [3.63, 3.8) is 0 Å². The molecule has 0 saturated carbocycles. The quantitative estimate of drug-likeness (QED) is 0.381. The van der Waals surface area contributed by atoms with E-state index < -0.39 is 11.7 Å². The summed E-state index contributed by atoms with van der Waals surface area (Å²) in [5, 5.41) is 3.96. The number of rotatable bonds is 7. The smallest absolute Gasteiger partial charge is 0.367 e. The van der Waals surface area contributed by atoms with E-state index in [-0.39, 0.29) is 5.69 Å². The Bertz CT molecular complexity index is 936. The Balaban J connectivity index is 1.66. The molecule has 0 heterocycles. The predicted octanol–water partition coefficient (Wildman–Crippen LogP) is 6.18. The Morgan fingerprint density at radius 2 is 1.55 bits per heavy atom.